The average molecular weight is 718 g/mol. The summed E-state index contributed by atoms with van der Waals surface area (Å²) in [5.74, 6) is 3.45. The monoisotopic (exact) mass is 717 g/mol. The van der Waals surface area contributed by atoms with Crippen LogP contribution in [0.1, 0.15) is 5.56 Å². The molecule has 0 aliphatic heterocycles. The van der Waals surface area contributed by atoms with Crippen molar-refractivity contribution in [1.29, 1.82) is 5.26 Å². The summed E-state index contributed by atoms with van der Waals surface area (Å²) >= 11 is 0. The van der Waals surface area contributed by atoms with Crippen LogP contribution in [0.25, 0.3) is 90.6 Å². The first-order valence-corrected chi connectivity index (χ1v) is 18.2. The number of aromatic nitrogens is 6. The number of hydrogen-bond donors (Lipinski definition) is 0. The summed E-state index contributed by atoms with van der Waals surface area (Å²) in [7, 11) is 0. The predicted octanol–water partition coefficient (Wildman–Crippen LogP) is 11.3. The van der Waals surface area contributed by atoms with Gasteiger partial charge in [-0.05, 0) is 40.5 Å². The van der Waals surface area contributed by atoms with Crippen LogP contribution in [0.3, 0.4) is 0 Å². The fourth-order valence-electron chi connectivity index (χ4n) is 6.66. The number of rotatable bonds is 8. The van der Waals surface area contributed by atoms with Crippen LogP contribution >= 0.6 is 0 Å². The van der Waals surface area contributed by atoms with E-state index < -0.39 is 0 Å². The van der Waals surface area contributed by atoms with E-state index in [1.807, 2.05) is 158 Å². The predicted molar refractivity (Wildman–Crippen MR) is 221 cm³/mol. The Balaban J connectivity index is 1.24. The van der Waals surface area contributed by atoms with Gasteiger partial charge in [-0.2, -0.15) is 5.26 Å². The van der Waals surface area contributed by atoms with Crippen molar-refractivity contribution >= 4 is 0 Å². The topological polar surface area (TPSA) is 101 Å². The largest absolute Gasteiger partial charge is 0.208 e. The van der Waals surface area contributed by atoms with Gasteiger partial charge in [0.15, 0.2) is 34.9 Å². The molecule has 0 saturated heterocycles. The highest BCUT2D eigenvalue weighted by Crippen LogP contribution is 2.40. The molecule has 7 aromatic carbocycles. The summed E-state index contributed by atoms with van der Waals surface area (Å²) in [5, 5.41) is 9.64. The smallest absolute Gasteiger partial charge is 0.164 e. The van der Waals surface area contributed by atoms with E-state index in [1.165, 1.54) is 0 Å². The molecule has 2 heterocycles. The van der Waals surface area contributed by atoms with E-state index in [2.05, 4.69) is 36.4 Å². The molecule has 262 valence electrons. The molecule has 0 radical (unpaired) electrons. The van der Waals surface area contributed by atoms with Crippen molar-refractivity contribution in [3.8, 4) is 96.7 Å². The van der Waals surface area contributed by atoms with Crippen molar-refractivity contribution in [3.63, 3.8) is 0 Å². The quantitative estimate of drug-likeness (QED) is 0.154. The second-order valence-corrected chi connectivity index (χ2v) is 13.1. The molecule has 0 aliphatic carbocycles. The molecule has 0 atom stereocenters. The number of nitrogens with zero attached hydrogens (tertiary/aromatic N) is 7. The second kappa shape index (κ2) is 15.2. The van der Waals surface area contributed by atoms with Crippen molar-refractivity contribution in [1.82, 2.24) is 29.9 Å². The maximum absolute atomic E-state index is 9.64. The molecule has 7 heteroatoms. The first-order chi connectivity index (χ1) is 27.7. The van der Waals surface area contributed by atoms with Crippen molar-refractivity contribution in [2.24, 2.45) is 0 Å². The molecule has 0 spiro atoms. The first-order valence-electron chi connectivity index (χ1n) is 18.2. The third-order valence-electron chi connectivity index (χ3n) is 9.46. The van der Waals surface area contributed by atoms with Gasteiger partial charge in [0, 0.05) is 33.4 Å². The Hall–Kier alpha value is -7.95. The molecule has 0 saturated carbocycles. The molecule has 0 N–H and O–H groups in total. The molecular weight excluding hydrogens is 687 g/mol. The Morgan fingerprint density at radius 3 is 1.04 bits per heavy atom. The SMILES string of the molecule is N#Cc1ccc(-c2cc(-c3nc(-c4ccccc4)nc(-c4ccccc4)n3)ccc2-c2ccccc2-c2nc(-c3ccccc3)nc(-c3ccccc3)n2)cc1. The Labute approximate surface area is 324 Å². The van der Waals surface area contributed by atoms with E-state index in [1.54, 1.807) is 0 Å². The maximum Gasteiger partial charge on any atom is 0.164 e. The van der Waals surface area contributed by atoms with Gasteiger partial charge in [0.05, 0.1) is 11.6 Å². The highest BCUT2D eigenvalue weighted by Gasteiger charge is 2.20. The lowest BCUT2D eigenvalue weighted by atomic mass is 9.89. The third kappa shape index (κ3) is 6.94. The lowest BCUT2D eigenvalue weighted by molar-refractivity contribution is 1.07. The summed E-state index contributed by atoms with van der Waals surface area (Å²) in [5.41, 5.74) is 9.60. The number of nitriles is 1. The van der Waals surface area contributed by atoms with Gasteiger partial charge in [-0.25, -0.2) is 29.9 Å². The molecule has 0 fully saturated rings. The van der Waals surface area contributed by atoms with Crippen LogP contribution in [0, 0.1) is 11.3 Å². The molecule has 0 aliphatic rings. The van der Waals surface area contributed by atoms with E-state index in [0.717, 1.165) is 55.6 Å². The summed E-state index contributed by atoms with van der Waals surface area (Å²) < 4.78 is 0. The molecule has 2 aromatic heterocycles. The van der Waals surface area contributed by atoms with Crippen LogP contribution < -0.4 is 0 Å². The van der Waals surface area contributed by atoms with Gasteiger partial charge in [-0.1, -0.05) is 170 Å². The molecule has 9 rings (SSSR count). The summed E-state index contributed by atoms with van der Waals surface area (Å²) in [6.07, 6.45) is 0. The lowest BCUT2D eigenvalue weighted by Crippen LogP contribution is -2.02. The van der Waals surface area contributed by atoms with Crippen LogP contribution in [0.5, 0.6) is 0 Å². The third-order valence-corrected chi connectivity index (χ3v) is 9.46. The minimum Gasteiger partial charge on any atom is -0.208 e. The molecule has 0 bridgehead atoms. The van der Waals surface area contributed by atoms with Crippen molar-refractivity contribution in [2.45, 2.75) is 0 Å². The minimum absolute atomic E-state index is 0.546. The van der Waals surface area contributed by atoms with Crippen LogP contribution in [-0.2, 0) is 0 Å². The van der Waals surface area contributed by atoms with Gasteiger partial charge in [0.2, 0.25) is 0 Å². The van der Waals surface area contributed by atoms with Gasteiger partial charge in [0.25, 0.3) is 0 Å². The van der Waals surface area contributed by atoms with Gasteiger partial charge in [-0.3, -0.25) is 0 Å². The van der Waals surface area contributed by atoms with Crippen molar-refractivity contribution in [2.75, 3.05) is 0 Å². The Bertz CT molecular complexity index is 2720. The van der Waals surface area contributed by atoms with E-state index in [0.29, 0.717) is 40.5 Å². The van der Waals surface area contributed by atoms with Crippen LogP contribution in [0.2, 0.25) is 0 Å². The number of hydrogen-bond acceptors (Lipinski definition) is 7. The molecule has 9 aromatic rings. The molecule has 56 heavy (non-hydrogen) atoms. The highest BCUT2D eigenvalue weighted by molar-refractivity contribution is 5.92. The summed E-state index contributed by atoms with van der Waals surface area (Å²) in [4.78, 5) is 30.0. The van der Waals surface area contributed by atoms with E-state index in [4.69, 9.17) is 29.9 Å². The fourth-order valence-corrected chi connectivity index (χ4v) is 6.66. The zero-order chi connectivity index (χ0) is 37.7. The van der Waals surface area contributed by atoms with Gasteiger partial charge < -0.3 is 0 Å². The Kier molecular flexibility index (Phi) is 9.18. The van der Waals surface area contributed by atoms with Crippen LogP contribution in [0.4, 0.5) is 0 Å². The Morgan fingerprint density at radius 2 is 0.607 bits per heavy atom. The second-order valence-electron chi connectivity index (χ2n) is 13.1. The molecule has 0 amide bonds. The number of benzene rings is 7. The van der Waals surface area contributed by atoms with Gasteiger partial charge >= 0.3 is 0 Å². The standard InChI is InChI=1S/C49H31N7/c50-32-33-25-27-34(28-26-33)43-31-39(48-53-44(35-15-5-1-6-16-35)51-45(54-48)36-17-7-2-8-18-36)29-30-41(43)40-23-13-14-24-42(40)49-55-46(37-19-9-3-10-20-37)52-47(56-49)38-21-11-4-12-22-38/h1-31H. The average Bonchev–Trinajstić information content (AvgIpc) is 3.29. The van der Waals surface area contributed by atoms with E-state index in [-0.39, 0.29) is 0 Å². The van der Waals surface area contributed by atoms with Crippen molar-refractivity contribution < 1.29 is 0 Å². The zero-order valence-corrected chi connectivity index (χ0v) is 30.0. The van der Waals surface area contributed by atoms with Crippen LogP contribution in [0.15, 0.2) is 188 Å². The zero-order valence-electron chi connectivity index (χ0n) is 30.0. The van der Waals surface area contributed by atoms with Gasteiger partial charge in [-0.15, -0.1) is 0 Å². The molecular formula is C49H31N7. The lowest BCUT2D eigenvalue weighted by Gasteiger charge is -2.17. The summed E-state index contributed by atoms with van der Waals surface area (Å²) in [6, 6.07) is 64.2. The molecule has 0 unspecified atom stereocenters. The summed E-state index contributed by atoms with van der Waals surface area (Å²) in [6.45, 7) is 0. The molecule has 7 nitrogen and oxygen atoms in total. The normalized spacial score (nSPS) is 10.8. The van der Waals surface area contributed by atoms with Gasteiger partial charge in [0.1, 0.15) is 0 Å². The minimum atomic E-state index is 0.546. The van der Waals surface area contributed by atoms with E-state index >= 15 is 0 Å². The van der Waals surface area contributed by atoms with Crippen LogP contribution in [-0.4, -0.2) is 29.9 Å². The highest BCUT2D eigenvalue weighted by atomic mass is 15.0. The fraction of sp³-hybridized carbons (Fsp3) is 0. The van der Waals surface area contributed by atoms with E-state index in [9.17, 15) is 5.26 Å². The van der Waals surface area contributed by atoms with Crippen molar-refractivity contribution in [3.05, 3.63) is 194 Å². The first kappa shape index (κ1) is 33.9. The Morgan fingerprint density at radius 1 is 0.268 bits per heavy atom. The maximum atomic E-state index is 9.64.